The number of benzene rings is 2. The number of hydrogen-bond acceptors (Lipinski definition) is 4. The van der Waals surface area contributed by atoms with Crippen molar-refractivity contribution in [3.8, 4) is 11.5 Å². The first kappa shape index (κ1) is 21.8. The molecule has 4 heteroatoms. The summed E-state index contributed by atoms with van der Waals surface area (Å²) in [6.45, 7) is 2.67. The van der Waals surface area contributed by atoms with Crippen molar-refractivity contribution in [3.63, 3.8) is 0 Å². The first-order valence-corrected chi connectivity index (χ1v) is 10.3. The van der Waals surface area contributed by atoms with Gasteiger partial charge in [0.25, 0.3) is 0 Å². The van der Waals surface area contributed by atoms with E-state index in [4.69, 9.17) is 4.74 Å². The molecule has 0 saturated heterocycles. The Morgan fingerprint density at radius 1 is 0.786 bits per heavy atom. The van der Waals surface area contributed by atoms with Crippen LogP contribution in [0.25, 0.3) is 0 Å². The molecular formula is C24H32O4. The maximum absolute atomic E-state index is 12.4. The zero-order chi connectivity index (χ0) is 20.2. The Balaban J connectivity index is 1.87. The quantitative estimate of drug-likeness (QED) is 0.352. The van der Waals surface area contributed by atoms with Crippen molar-refractivity contribution in [2.75, 3.05) is 6.61 Å². The molecular weight excluding hydrogens is 352 g/mol. The first-order valence-electron chi connectivity index (χ1n) is 10.3. The highest BCUT2D eigenvalue weighted by molar-refractivity contribution is 5.71. The second kappa shape index (κ2) is 12.1. The summed E-state index contributed by atoms with van der Waals surface area (Å²) in [7, 11) is 0. The molecule has 4 nitrogen and oxygen atoms in total. The largest absolute Gasteiger partial charge is 0.508 e. The maximum Gasteiger partial charge on any atom is 0.306 e. The summed E-state index contributed by atoms with van der Waals surface area (Å²) in [4.78, 5) is 12.4. The highest BCUT2D eigenvalue weighted by Gasteiger charge is 2.19. The lowest BCUT2D eigenvalue weighted by molar-refractivity contribution is -0.144. The molecule has 0 spiro atoms. The smallest absolute Gasteiger partial charge is 0.306 e. The monoisotopic (exact) mass is 384 g/mol. The van der Waals surface area contributed by atoms with Crippen LogP contribution in [0.15, 0.2) is 48.5 Å². The van der Waals surface area contributed by atoms with Crippen LogP contribution in [0.4, 0.5) is 0 Å². The number of phenols is 2. The van der Waals surface area contributed by atoms with Crippen LogP contribution in [0, 0.1) is 0 Å². The zero-order valence-electron chi connectivity index (χ0n) is 16.8. The Bertz CT molecular complexity index is 646. The molecule has 0 aliphatic rings. The number of hydrogen-bond donors (Lipinski definition) is 2. The number of carbonyl (C=O) groups is 1. The topological polar surface area (TPSA) is 66.8 Å². The van der Waals surface area contributed by atoms with Crippen molar-refractivity contribution < 1.29 is 19.7 Å². The second-order valence-electron chi connectivity index (χ2n) is 7.28. The first-order chi connectivity index (χ1) is 13.6. The van der Waals surface area contributed by atoms with Gasteiger partial charge in [-0.1, -0.05) is 69.7 Å². The number of esters is 1. The summed E-state index contributed by atoms with van der Waals surface area (Å²) >= 11 is 0. The van der Waals surface area contributed by atoms with Gasteiger partial charge in [0, 0.05) is 5.92 Å². The molecule has 0 bridgehead atoms. The Labute approximate surface area is 168 Å². The van der Waals surface area contributed by atoms with Crippen LogP contribution in [-0.2, 0) is 9.53 Å². The number of phenolic OH excluding ortho intramolecular Hbond substituents is 2. The minimum Gasteiger partial charge on any atom is -0.508 e. The molecule has 0 aromatic heterocycles. The second-order valence-corrected chi connectivity index (χ2v) is 7.28. The summed E-state index contributed by atoms with van der Waals surface area (Å²) < 4.78 is 5.45. The number of carbonyl (C=O) groups excluding carboxylic acids is 1. The molecule has 0 aliphatic carbocycles. The molecule has 0 saturated carbocycles. The molecule has 0 atom stereocenters. The SMILES string of the molecule is CCCCCCCCCOC(=O)CC(c1ccc(O)cc1)c1ccc(O)cc1. The lowest BCUT2D eigenvalue weighted by atomic mass is 9.88. The minimum atomic E-state index is -0.225. The highest BCUT2D eigenvalue weighted by Crippen LogP contribution is 2.30. The maximum atomic E-state index is 12.4. The van der Waals surface area contributed by atoms with Gasteiger partial charge in [-0.05, 0) is 41.8 Å². The number of ether oxygens (including phenoxy) is 1. The lowest BCUT2D eigenvalue weighted by Crippen LogP contribution is -2.12. The molecule has 2 aromatic rings. The third-order valence-electron chi connectivity index (χ3n) is 4.97. The highest BCUT2D eigenvalue weighted by atomic mass is 16.5. The van der Waals surface area contributed by atoms with E-state index in [1.807, 2.05) is 24.3 Å². The predicted molar refractivity (Wildman–Crippen MR) is 112 cm³/mol. The van der Waals surface area contributed by atoms with Crippen LogP contribution in [0.1, 0.15) is 75.3 Å². The summed E-state index contributed by atoms with van der Waals surface area (Å²) in [6.07, 6.45) is 8.51. The Morgan fingerprint density at radius 2 is 1.25 bits per heavy atom. The summed E-state index contributed by atoms with van der Waals surface area (Å²) in [5.41, 5.74) is 1.85. The summed E-state index contributed by atoms with van der Waals surface area (Å²) in [5, 5.41) is 19.1. The van der Waals surface area contributed by atoms with E-state index >= 15 is 0 Å². The van der Waals surface area contributed by atoms with Crippen molar-refractivity contribution in [3.05, 3.63) is 59.7 Å². The average Bonchev–Trinajstić information content (AvgIpc) is 2.70. The average molecular weight is 385 g/mol. The minimum absolute atomic E-state index is 0.178. The van der Waals surface area contributed by atoms with Gasteiger partial charge in [0.2, 0.25) is 0 Å². The van der Waals surface area contributed by atoms with E-state index in [9.17, 15) is 15.0 Å². The fourth-order valence-corrected chi connectivity index (χ4v) is 3.31. The van der Waals surface area contributed by atoms with Crippen LogP contribution >= 0.6 is 0 Å². The third kappa shape index (κ3) is 7.63. The van der Waals surface area contributed by atoms with Gasteiger partial charge in [0.15, 0.2) is 0 Å². The standard InChI is InChI=1S/C24H32O4/c1-2-3-4-5-6-7-8-17-28-24(27)18-23(19-9-13-21(25)14-10-19)20-11-15-22(26)16-12-20/h9-16,23,25-26H,2-8,17-18H2,1H3. The van der Waals surface area contributed by atoms with E-state index in [2.05, 4.69) is 6.92 Å². The fourth-order valence-electron chi connectivity index (χ4n) is 3.31. The van der Waals surface area contributed by atoms with E-state index < -0.39 is 0 Å². The fraction of sp³-hybridized carbons (Fsp3) is 0.458. The van der Waals surface area contributed by atoms with Crippen LogP contribution in [-0.4, -0.2) is 22.8 Å². The van der Waals surface area contributed by atoms with Gasteiger partial charge in [-0.3, -0.25) is 4.79 Å². The molecule has 2 N–H and O–H groups in total. The Hall–Kier alpha value is -2.49. The van der Waals surface area contributed by atoms with E-state index in [1.165, 1.54) is 32.1 Å². The molecule has 0 amide bonds. The van der Waals surface area contributed by atoms with Crippen molar-refractivity contribution in [1.29, 1.82) is 0 Å². The molecule has 0 radical (unpaired) electrons. The van der Waals surface area contributed by atoms with E-state index in [1.54, 1.807) is 24.3 Å². The molecule has 152 valence electrons. The van der Waals surface area contributed by atoms with Crippen LogP contribution in [0.3, 0.4) is 0 Å². The zero-order valence-corrected chi connectivity index (χ0v) is 16.8. The van der Waals surface area contributed by atoms with E-state index in [-0.39, 0.29) is 29.8 Å². The van der Waals surface area contributed by atoms with E-state index in [0.29, 0.717) is 6.61 Å². The van der Waals surface area contributed by atoms with Gasteiger partial charge in [-0.2, -0.15) is 0 Å². The number of rotatable bonds is 12. The van der Waals surface area contributed by atoms with Gasteiger partial charge in [0.1, 0.15) is 11.5 Å². The van der Waals surface area contributed by atoms with Gasteiger partial charge in [-0.25, -0.2) is 0 Å². The molecule has 0 aliphatic heterocycles. The molecule has 0 heterocycles. The van der Waals surface area contributed by atoms with Gasteiger partial charge >= 0.3 is 5.97 Å². The molecule has 2 rings (SSSR count). The van der Waals surface area contributed by atoms with Gasteiger partial charge in [-0.15, -0.1) is 0 Å². The predicted octanol–water partition coefficient (Wildman–Crippen LogP) is 5.91. The molecule has 2 aromatic carbocycles. The van der Waals surface area contributed by atoms with E-state index in [0.717, 1.165) is 24.0 Å². The number of aromatic hydroxyl groups is 2. The normalized spacial score (nSPS) is 10.9. The lowest BCUT2D eigenvalue weighted by Gasteiger charge is -2.18. The van der Waals surface area contributed by atoms with Crippen molar-refractivity contribution in [2.24, 2.45) is 0 Å². The van der Waals surface area contributed by atoms with Crippen LogP contribution < -0.4 is 0 Å². The summed E-state index contributed by atoms with van der Waals surface area (Å²) in [6, 6.07) is 13.7. The van der Waals surface area contributed by atoms with Crippen LogP contribution in [0.5, 0.6) is 11.5 Å². The van der Waals surface area contributed by atoms with Crippen molar-refractivity contribution in [1.82, 2.24) is 0 Å². The van der Waals surface area contributed by atoms with Gasteiger partial charge < -0.3 is 14.9 Å². The molecule has 0 fully saturated rings. The Morgan fingerprint density at radius 3 is 1.75 bits per heavy atom. The van der Waals surface area contributed by atoms with Crippen molar-refractivity contribution in [2.45, 2.75) is 64.2 Å². The molecule has 28 heavy (non-hydrogen) atoms. The third-order valence-corrected chi connectivity index (χ3v) is 4.97. The Kier molecular flexibility index (Phi) is 9.40. The number of unbranched alkanes of at least 4 members (excludes halogenated alkanes) is 6. The summed E-state index contributed by atoms with van der Waals surface area (Å²) in [5.74, 6) is -0.0238. The molecule has 0 unspecified atom stereocenters. The van der Waals surface area contributed by atoms with Crippen molar-refractivity contribution >= 4 is 5.97 Å². The van der Waals surface area contributed by atoms with Gasteiger partial charge in [0.05, 0.1) is 13.0 Å². The van der Waals surface area contributed by atoms with Crippen LogP contribution in [0.2, 0.25) is 0 Å².